The maximum atomic E-state index is 12.1. The zero-order chi connectivity index (χ0) is 20.6. The van der Waals surface area contributed by atoms with Gasteiger partial charge in [-0.2, -0.15) is 0 Å². The van der Waals surface area contributed by atoms with Crippen molar-refractivity contribution >= 4 is 33.9 Å². The van der Waals surface area contributed by atoms with E-state index in [0.29, 0.717) is 29.5 Å². The molecule has 1 heterocycles. The summed E-state index contributed by atoms with van der Waals surface area (Å²) >= 11 is 3.41. The number of nitrogens with zero attached hydrogens (tertiary/aromatic N) is 1. The van der Waals surface area contributed by atoms with Crippen molar-refractivity contribution in [3.63, 3.8) is 0 Å². The number of benzene rings is 1. The van der Waals surface area contributed by atoms with Crippen molar-refractivity contribution in [1.82, 2.24) is 10.3 Å². The van der Waals surface area contributed by atoms with Crippen molar-refractivity contribution < 1.29 is 19.4 Å². The zero-order valence-corrected chi connectivity index (χ0v) is 17.5. The van der Waals surface area contributed by atoms with E-state index in [-0.39, 0.29) is 11.6 Å². The molecule has 1 aliphatic carbocycles. The van der Waals surface area contributed by atoms with E-state index in [1.54, 1.807) is 12.1 Å². The molecule has 1 aromatic heterocycles. The lowest BCUT2D eigenvalue weighted by Gasteiger charge is -2.10. The van der Waals surface area contributed by atoms with Crippen molar-refractivity contribution in [3.05, 3.63) is 58.3 Å². The number of carbonyl (C=O) groups is 2. The lowest BCUT2D eigenvalue weighted by atomic mass is 10.0. The first kappa shape index (κ1) is 21.0. The lowest BCUT2D eigenvalue weighted by molar-refractivity contribution is -0.134. The number of para-hydroxylation sites is 1. The largest absolute Gasteiger partial charge is 0.477 e. The summed E-state index contributed by atoms with van der Waals surface area (Å²) in [4.78, 5) is 27.9. The second kappa shape index (κ2) is 10.2. The number of carboxylic acid groups (broad SMARTS) is 1. The maximum Gasteiger partial charge on any atom is 0.352 e. The Morgan fingerprint density at radius 2 is 1.97 bits per heavy atom. The summed E-state index contributed by atoms with van der Waals surface area (Å²) in [6.45, 7) is 0. The number of carboxylic acids is 1. The van der Waals surface area contributed by atoms with Crippen LogP contribution in [-0.4, -0.2) is 22.0 Å². The molecule has 0 bridgehead atoms. The number of aromatic nitrogens is 1. The topological polar surface area (TPSA) is 88.5 Å². The summed E-state index contributed by atoms with van der Waals surface area (Å²) in [6.07, 6.45) is 8.81. The van der Waals surface area contributed by atoms with Crippen LogP contribution in [0.25, 0.3) is 6.08 Å². The Morgan fingerprint density at radius 3 is 2.62 bits per heavy atom. The quantitative estimate of drug-likeness (QED) is 0.534. The Hall–Kier alpha value is -2.67. The Morgan fingerprint density at radius 1 is 1.21 bits per heavy atom. The van der Waals surface area contributed by atoms with Crippen molar-refractivity contribution in [3.8, 4) is 11.6 Å². The van der Waals surface area contributed by atoms with Crippen LogP contribution in [0.5, 0.6) is 11.6 Å². The van der Waals surface area contributed by atoms with E-state index >= 15 is 0 Å². The van der Waals surface area contributed by atoms with Gasteiger partial charge in [0, 0.05) is 18.7 Å². The first-order valence-electron chi connectivity index (χ1n) is 9.64. The Labute approximate surface area is 178 Å². The molecule has 152 valence electrons. The summed E-state index contributed by atoms with van der Waals surface area (Å²) in [7, 11) is 0. The van der Waals surface area contributed by atoms with Crippen LogP contribution >= 0.6 is 15.9 Å². The van der Waals surface area contributed by atoms with Gasteiger partial charge in [-0.25, -0.2) is 9.78 Å². The van der Waals surface area contributed by atoms with Gasteiger partial charge in [-0.3, -0.25) is 4.79 Å². The predicted molar refractivity (Wildman–Crippen MR) is 113 cm³/mol. The number of hydrogen-bond acceptors (Lipinski definition) is 4. The predicted octanol–water partition coefficient (Wildman–Crippen LogP) is 5.15. The Kier molecular flexibility index (Phi) is 7.41. The molecule has 0 atom stereocenters. The number of ether oxygens (including phenoxy) is 1. The lowest BCUT2D eigenvalue weighted by Crippen LogP contribution is -2.27. The van der Waals surface area contributed by atoms with E-state index in [0.717, 1.165) is 23.7 Å². The number of amides is 1. The van der Waals surface area contributed by atoms with Gasteiger partial charge in [-0.15, -0.1) is 0 Å². The number of nitrogens with one attached hydrogen (secondary N) is 1. The molecule has 1 saturated carbocycles. The first-order chi connectivity index (χ1) is 14.0. The highest BCUT2D eigenvalue weighted by Gasteiger charge is 2.18. The second-order valence-corrected chi connectivity index (χ2v) is 7.92. The van der Waals surface area contributed by atoms with Gasteiger partial charge in [0.05, 0.1) is 4.47 Å². The molecule has 0 aliphatic heterocycles. The standard InChI is InChI=1S/C22H23BrN2O4/c23-17-7-3-4-8-19(17)29-21-12-10-16(14-24-21)13-18(22(27)28)25-20(26)11-9-15-5-1-2-6-15/h3-4,7-8,10,12-15H,1-2,5-6,9,11H2,(H,25,26)(H,27,28)/b18-13+. The maximum absolute atomic E-state index is 12.1. The highest BCUT2D eigenvalue weighted by Crippen LogP contribution is 2.29. The number of aliphatic carboxylic acids is 1. The highest BCUT2D eigenvalue weighted by atomic mass is 79.9. The van der Waals surface area contributed by atoms with Gasteiger partial charge < -0.3 is 15.2 Å². The molecule has 1 amide bonds. The average molecular weight is 459 g/mol. The van der Waals surface area contributed by atoms with Crippen LogP contribution in [0.4, 0.5) is 0 Å². The molecule has 1 fully saturated rings. The number of rotatable bonds is 8. The van der Waals surface area contributed by atoms with Crippen molar-refractivity contribution in [2.24, 2.45) is 5.92 Å². The molecule has 7 heteroatoms. The van der Waals surface area contributed by atoms with Crippen molar-refractivity contribution in [1.29, 1.82) is 0 Å². The third kappa shape index (κ3) is 6.42. The minimum absolute atomic E-state index is 0.164. The molecular formula is C22H23BrN2O4. The molecule has 0 unspecified atom stereocenters. The van der Waals surface area contributed by atoms with E-state index in [4.69, 9.17) is 4.74 Å². The van der Waals surface area contributed by atoms with Gasteiger partial charge in [0.25, 0.3) is 0 Å². The minimum atomic E-state index is -1.19. The molecule has 29 heavy (non-hydrogen) atoms. The van der Waals surface area contributed by atoms with Crippen LogP contribution in [0.1, 0.15) is 44.1 Å². The Bertz CT molecular complexity index is 890. The van der Waals surface area contributed by atoms with Crippen molar-refractivity contribution in [2.45, 2.75) is 38.5 Å². The molecule has 0 radical (unpaired) electrons. The van der Waals surface area contributed by atoms with Crippen LogP contribution in [0.3, 0.4) is 0 Å². The van der Waals surface area contributed by atoms with E-state index in [2.05, 4.69) is 26.2 Å². The summed E-state index contributed by atoms with van der Waals surface area (Å²) in [6, 6.07) is 10.7. The van der Waals surface area contributed by atoms with Crippen LogP contribution in [0, 0.1) is 5.92 Å². The summed E-state index contributed by atoms with van der Waals surface area (Å²) < 4.78 is 6.50. The first-order valence-corrected chi connectivity index (χ1v) is 10.4. The van der Waals surface area contributed by atoms with Crippen molar-refractivity contribution in [2.75, 3.05) is 0 Å². The molecule has 1 aromatic carbocycles. The van der Waals surface area contributed by atoms with Crippen LogP contribution < -0.4 is 10.1 Å². The summed E-state index contributed by atoms with van der Waals surface area (Å²) in [5.41, 5.74) is 0.390. The van der Waals surface area contributed by atoms with E-state index < -0.39 is 5.97 Å². The molecular weight excluding hydrogens is 436 g/mol. The van der Waals surface area contributed by atoms with Gasteiger partial charge in [0.15, 0.2) is 0 Å². The van der Waals surface area contributed by atoms with E-state index in [1.807, 2.05) is 24.3 Å². The fraction of sp³-hybridized carbons (Fsp3) is 0.318. The van der Waals surface area contributed by atoms with E-state index in [1.165, 1.54) is 25.1 Å². The molecule has 1 aliphatic rings. The fourth-order valence-electron chi connectivity index (χ4n) is 3.34. The molecule has 3 rings (SSSR count). The van der Waals surface area contributed by atoms with Gasteiger partial charge in [0.2, 0.25) is 11.8 Å². The highest BCUT2D eigenvalue weighted by molar-refractivity contribution is 9.10. The third-order valence-electron chi connectivity index (χ3n) is 4.88. The number of carbonyl (C=O) groups excluding carboxylic acids is 1. The van der Waals surface area contributed by atoms with Crippen LogP contribution in [-0.2, 0) is 9.59 Å². The molecule has 2 aromatic rings. The SMILES string of the molecule is O=C(CCC1CCCC1)N/C(=C/c1ccc(Oc2ccccc2Br)nc1)C(=O)O. The summed E-state index contributed by atoms with van der Waals surface area (Å²) in [5.74, 6) is 0.134. The van der Waals surface area contributed by atoms with Gasteiger partial charge in [0.1, 0.15) is 11.4 Å². The van der Waals surface area contributed by atoms with Gasteiger partial charge in [-0.05, 0) is 58.1 Å². The van der Waals surface area contributed by atoms with Crippen LogP contribution in [0.15, 0.2) is 52.8 Å². The Balaban J connectivity index is 1.61. The molecule has 6 nitrogen and oxygen atoms in total. The smallest absolute Gasteiger partial charge is 0.352 e. The zero-order valence-electron chi connectivity index (χ0n) is 15.9. The second-order valence-electron chi connectivity index (χ2n) is 7.06. The normalized spacial score (nSPS) is 14.6. The van der Waals surface area contributed by atoms with E-state index in [9.17, 15) is 14.7 Å². The third-order valence-corrected chi connectivity index (χ3v) is 5.54. The van der Waals surface area contributed by atoms with Crippen LogP contribution in [0.2, 0.25) is 0 Å². The number of halogens is 1. The fourth-order valence-corrected chi connectivity index (χ4v) is 3.71. The monoisotopic (exact) mass is 458 g/mol. The average Bonchev–Trinajstić information content (AvgIpc) is 3.23. The number of hydrogen-bond donors (Lipinski definition) is 2. The number of pyridine rings is 1. The minimum Gasteiger partial charge on any atom is -0.477 e. The van der Waals surface area contributed by atoms with Gasteiger partial charge >= 0.3 is 5.97 Å². The molecule has 0 saturated heterocycles. The molecule has 2 N–H and O–H groups in total. The summed E-state index contributed by atoms with van der Waals surface area (Å²) in [5, 5.41) is 11.9. The molecule has 0 spiro atoms. The van der Waals surface area contributed by atoms with Gasteiger partial charge in [-0.1, -0.05) is 37.8 Å².